The lowest BCUT2D eigenvalue weighted by Gasteiger charge is -2.28. The molecular weight excluding hydrogens is 552 g/mol. The van der Waals surface area contributed by atoms with E-state index in [4.69, 9.17) is 38.3 Å². The van der Waals surface area contributed by atoms with Gasteiger partial charge in [-0.2, -0.15) is 0 Å². The number of halogens is 1. The van der Waals surface area contributed by atoms with Crippen molar-refractivity contribution in [2.24, 2.45) is 0 Å². The standard InChI is InChI=1S/C33H29ClN4O2S/c1-21-20-27(22(2)37(21)30-10-5-4-8-28(30)34)32-31(29-9-6-7-19-35-29)36-33(41)38(32)23-11-13-25(14-12-23)40-26-17-15-24(39-3)16-18-26/h4-20,31-32H,1-3H3,(H,36,41)/t31-,32+/m1/s1. The molecule has 0 saturated carbocycles. The van der Waals surface area contributed by atoms with E-state index in [2.05, 4.69) is 34.7 Å². The van der Waals surface area contributed by atoms with E-state index in [1.54, 1.807) is 7.11 Å². The quantitative estimate of drug-likeness (QED) is 0.196. The largest absolute Gasteiger partial charge is 0.497 e. The van der Waals surface area contributed by atoms with Crippen LogP contribution in [0.5, 0.6) is 17.2 Å². The van der Waals surface area contributed by atoms with Crippen LogP contribution in [0.3, 0.4) is 0 Å². The number of thiocarbonyl (C=S) groups is 1. The average Bonchev–Trinajstić information content (AvgIpc) is 3.49. The maximum atomic E-state index is 6.64. The van der Waals surface area contributed by atoms with Crippen molar-refractivity contribution in [3.63, 3.8) is 0 Å². The molecule has 0 radical (unpaired) electrons. The highest BCUT2D eigenvalue weighted by molar-refractivity contribution is 7.80. The molecule has 6 rings (SSSR count). The third-order valence-electron chi connectivity index (χ3n) is 7.39. The smallest absolute Gasteiger partial charge is 0.174 e. The number of nitrogens with zero attached hydrogens (tertiary/aromatic N) is 3. The number of pyridine rings is 1. The highest BCUT2D eigenvalue weighted by Crippen LogP contribution is 2.44. The highest BCUT2D eigenvalue weighted by atomic mass is 35.5. The van der Waals surface area contributed by atoms with Crippen LogP contribution in [-0.2, 0) is 0 Å². The van der Waals surface area contributed by atoms with E-state index in [0.717, 1.165) is 51.3 Å². The molecule has 0 amide bonds. The van der Waals surface area contributed by atoms with Gasteiger partial charge in [0, 0.05) is 23.3 Å². The Labute approximate surface area is 250 Å². The lowest BCUT2D eigenvalue weighted by atomic mass is 9.96. The number of nitrogens with one attached hydrogen (secondary N) is 1. The zero-order valence-corrected chi connectivity index (χ0v) is 24.5. The van der Waals surface area contributed by atoms with Crippen molar-refractivity contribution in [2.75, 3.05) is 12.0 Å². The van der Waals surface area contributed by atoms with E-state index >= 15 is 0 Å². The maximum Gasteiger partial charge on any atom is 0.174 e. The summed E-state index contributed by atoms with van der Waals surface area (Å²) in [5.74, 6) is 2.24. The molecule has 1 N–H and O–H groups in total. The number of ether oxygens (including phenoxy) is 2. The summed E-state index contributed by atoms with van der Waals surface area (Å²) < 4.78 is 13.5. The second-order valence-corrected chi connectivity index (χ2v) is 10.7. The number of aryl methyl sites for hydroxylation is 1. The number of rotatable bonds is 7. The van der Waals surface area contributed by atoms with Gasteiger partial charge in [0.05, 0.1) is 35.6 Å². The van der Waals surface area contributed by atoms with Crippen LogP contribution < -0.4 is 19.7 Å². The molecule has 5 aromatic rings. The first-order chi connectivity index (χ1) is 19.9. The number of methoxy groups -OCH3 is 1. The van der Waals surface area contributed by atoms with E-state index in [9.17, 15) is 0 Å². The van der Waals surface area contributed by atoms with Gasteiger partial charge in [0.15, 0.2) is 5.11 Å². The average molecular weight is 581 g/mol. The fourth-order valence-electron chi connectivity index (χ4n) is 5.49. The minimum atomic E-state index is -0.154. The molecule has 1 aliphatic heterocycles. The van der Waals surface area contributed by atoms with Crippen molar-refractivity contribution in [3.05, 3.63) is 131 Å². The van der Waals surface area contributed by atoms with Crippen LogP contribution in [0.2, 0.25) is 5.02 Å². The van der Waals surface area contributed by atoms with E-state index in [1.807, 2.05) is 97.2 Å². The monoisotopic (exact) mass is 580 g/mol. The lowest BCUT2D eigenvalue weighted by Crippen LogP contribution is -2.29. The molecule has 3 heterocycles. The summed E-state index contributed by atoms with van der Waals surface area (Å²) in [6, 6.07) is 31.3. The molecule has 0 bridgehead atoms. The first-order valence-corrected chi connectivity index (χ1v) is 14.1. The molecule has 1 aliphatic rings. The van der Waals surface area contributed by atoms with Gasteiger partial charge in [-0.25, -0.2) is 0 Å². The first-order valence-electron chi connectivity index (χ1n) is 13.3. The van der Waals surface area contributed by atoms with Crippen molar-refractivity contribution in [1.29, 1.82) is 0 Å². The first kappa shape index (κ1) is 26.9. The van der Waals surface area contributed by atoms with Gasteiger partial charge in [-0.1, -0.05) is 29.8 Å². The van der Waals surface area contributed by atoms with Gasteiger partial charge in [0.25, 0.3) is 0 Å². The van der Waals surface area contributed by atoms with Gasteiger partial charge in [-0.3, -0.25) is 4.98 Å². The predicted molar refractivity (Wildman–Crippen MR) is 168 cm³/mol. The number of hydrogen-bond donors (Lipinski definition) is 1. The van der Waals surface area contributed by atoms with Crippen molar-refractivity contribution >= 4 is 34.6 Å². The molecule has 2 aromatic heterocycles. The Morgan fingerprint density at radius 3 is 2.17 bits per heavy atom. The minimum Gasteiger partial charge on any atom is -0.497 e. The molecule has 2 atom stereocenters. The molecule has 0 spiro atoms. The van der Waals surface area contributed by atoms with E-state index in [-0.39, 0.29) is 12.1 Å². The zero-order valence-electron chi connectivity index (χ0n) is 22.9. The van der Waals surface area contributed by atoms with Crippen LogP contribution in [-0.4, -0.2) is 21.8 Å². The van der Waals surface area contributed by atoms with Gasteiger partial charge in [-0.05, 0) is 110 Å². The Morgan fingerprint density at radius 2 is 1.51 bits per heavy atom. The zero-order chi connectivity index (χ0) is 28.5. The summed E-state index contributed by atoms with van der Waals surface area (Å²) in [7, 11) is 1.65. The molecule has 3 aromatic carbocycles. The molecule has 1 saturated heterocycles. The second-order valence-electron chi connectivity index (χ2n) is 9.88. The van der Waals surface area contributed by atoms with Crippen LogP contribution in [0.25, 0.3) is 5.69 Å². The molecule has 8 heteroatoms. The molecule has 206 valence electrons. The number of aromatic nitrogens is 2. The third kappa shape index (κ3) is 5.14. The Morgan fingerprint density at radius 1 is 0.854 bits per heavy atom. The van der Waals surface area contributed by atoms with E-state index in [1.165, 1.54) is 0 Å². The second kappa shape index (κ2) is 11.3. The summed E-state index contributed by atoms with van der Waals surface area (Å²) in [6.45, 7) is 4.23. The van der Waals surface area contributed by atoms with E-state index < -0.39 is 0 Å². The van der Waals surface area contributed by atoms with Gasteiger partial charge in [0.1, 0.15) is 17.2 Å². The fourth-order valence-corrected chi connectivity index (χ4v) is 6.06. The van der Waals surface area contributed by atoms with Crippen LogP contribution in [0, 0.1) is 13.8 Å². The predicted octanol–water partition coefficient (Wildman–Crippen LogP) is 8.12. The van der Waals surface area contributed by atoms with Crippen molar-refractivity contribution < 1.29 is 9.47 Å². The van der Waals surface area contributed by atoms with Crippen LogP contribution >= 0.6 is 23.8 Å². The fraction of sp³-hybridized carbons (Fsp3) is 0.152. The Bertz CT molecular complexity index is 1690. The van der Waals surface area contributed by atoms with Crippen molar-refractivity contribution in [3.8, 4) is 22.9 Å². The molecular formula is C33H29ClN4O2S. The van der Waals surface area contributed by atoms with Gasteiger partial charge < -0.3 is 24.3 Å². The SMILES string of the molecule is COc1ccc(Oc2ccc(N3C(=S)N[C@H](c4ccccn4)[C@@H]3c3cc(C)n(-c4ccccc4Cl)c3C)cc2)cc1. The van der Waals surface area contributed by atoms with Crippen LogP contribution in [0.4, 0.5) is 5.69 Å². The number of benzene rings is 3. The summed E-state index contributed by atoms with van der Waals surface area (Å²) in [4.78, 5) is 6.87. The lowest BCUT2D eigenvalue weighted by molar-refractivity contribution is 0.413. The summed E-state index contributed by atoms with van der Waals surface area (Å²) in [5.41, 5.74) is 6.15. The maximum absolute atomic E-state index is 6.64. The van der Waals surface area contributed by atoms with Crippen molar-refractivity contribution in [1.82, 2.24) is 14.9 Å². The summed E-state index contributed by atoms with van der Waals surface area (Å²) in [5, 5.41) is 4.89. The summed E-state index contributed by atoms with van der Waals surface area (Å²) in [6.07, 6.45) is 1.82. The molecule has 0 unspecified atom stereocenters. The van der Waals surface area contributed by atoms with Gasteiger partial charge >= 0.3 is 0 Å². The number of para-hydroxylation sites is 1. The Balaban J connectivity index is 1.39. The topological polar surface area (TPSA) is 51.6 Å². The van der Waals surface area contributed by atoms with Gasteiger partial charge in [-0.15, -0.1) is 0 Å². The molecule has 41 heavy (non-hydrogen) atoms. The molecule has 6 nitrogen and oxygen atoms in total. The third-order valence-corrected chi connectivity index (χ3v) is 8.02. The highest BCUT2D eigenvalue weighted by Gasteiger charge is 2.42. The summed E-state index contributed by atoms with van der Waals surface area (Å²) >= 11 is 12.6. The minimum absolute atomic E-state index is 0.145. The van der Waals surface area contributed by atoms with Gasteiger partial charge in [0.2, 0.25) is 0 Å². The normalized spacial score (nSPS) is 16.5. The Hall–Kier alpha value is -4.33. The number of anilines is 1. The molecule has 1 fully saturated rings. The Kier molecular flexibility index (Phi) is 7.39. The number of hydrogen-bond acceptors (Lipinski definition) is 4. The van der Waals surface area contributed by atoms with Crippen molar-refractivity contribution in [2.45, 2.75) is 25.9 Å². The van der Waals surface area contributed by atoms with Crippen LogP contribution in [0.1, 0.15) is 34.7 Å². The van der Waals surface area contributed by atoms with E-state index in [0.29, 0.717) is 10.1 Å². The van der Waals surface area contributed by atoms with Crippen LogP contribution in [0.15, 0.2) is 103 Å². The molecule has 0 aliphatic carbocycles.